The van der Waals surface area contributed by atoms with Crippen molar-refractivity contribution in [1.82, 2.24) is 10.2 Å². The molecule has 1 aliphatic rings. The van der Waals surface area contributed by atoms with Crippen LogP contribution in [0, 0.1) is 0 Å². The second kappa shape index (κ2) is 6.88. The summed E-state index contributed by atoms with van der Waals surface area (Å²) in [4.78, 5) is 2.36. The van der Waals surface area contributed by atoms with E-state index in [1.165, 1.54) is 24.0 Å². The molecule has 0 aromatic heterocycles. The van der Waals surface area contributed by atoms with Crippen molar-refractivity contribution < 1.29 is 4.74 Å². The standard InChI is InChI=1S/C15H24N2O/c1-16-10-13-5-3-6-14(9-13)11-17(2)12-15-7-4-8-18-15/h3,5-6,9,15-16H,4,7-8,10-12H2,1-2H3. The number of hydrogen-bond donors (Lipinski definition) is 1. The first-order chi connectivity index (χ1) is 8.78. The molecule has 1 unspecified atom stereocenters. The molecule has 1 fully saturated rings. The van der Waals surface area contributed by atoms with Crippen molar-refractivity contribution in [2.75, 3.05) is 27.2 Å². The van der Waals surface area contributed by atoms with Crippen LogP contribution in [0.1, 0.15) is 24.0 Å². The molecule has 3 nitrogen and oxygen atoms in total. The molecule has 2 rings (SSSR count). The summed E-state index contributed by atoms with van der Waals surface area (Å²) in [6.07, 6.45) is 2.87. The average Bonchev–Trinajstić information content (AvgIpc) is 2.82. The van der Waals surface area contributed by atoms with Crippen LogP contribution in [0.4, 0.5) is 0 Å². The van der Waals surface area contributed by atoms with Crippen LogP contribution in [0.2, 0.25) is 0 Å². The van der Waals surface area contributed by atoms with Crippen molar-refractivity contribution in [3.8, 4) is 0 Å². The van der Waals surface area contributed by atoms with E-state index in [1.807, 2.05) is 7.05 Å². The summed E-state index contributed by atoms with van der Waals surface area (Å²) in [6.45, 7) is 3.91. The molecule has 1 aliphatic heterocycles. The predicted molar refractivity (Wildman–Crippen MR) is 74.5 cm³/mol. The van der Waals surface area contributed by atoms with Crippen LogP contribution in [-0.4, -0.2) is 38.3 Å². The lowest BCUT2D eigenvalue weighted by Crippen LogP contribution is -2.28. The van der Waals surface area contributed by atoms with Gasteiger partial charge in [0.15, 0.2) is 0 Å². The second-order valence-electron chi connectivity index (χ2n) is 5.18. The van der Waals surface area contributed by atoms with E-state index in [9.17, 15) is 0 Å². The molecule has 1 heterocycles. The van der Waals surface area contributed by atoms with Crippen LogP contribution in [0.5, 0.6) is 0 Å². The third-order valence-electron chi connectivity index (χ3n) is 3.36. The van der Waals surface area contributed by atoms with Gasteiger partial charge >= 0.3 is 0 Å². The Morgan fingerprint density at radius 3 is 2.94 bits per heavy atom. The summed E-state index contributed by atoms with van der Waals surface area (Å²) in [7, 11) is 4.16. The quantitative estimate of drug-likeness (QED) is 0.833. The highest BCUT2D eigenvalue weighted by molar-refractivity contribution is 5.23. The first kappa shape index (κ1) is 13.5. The molecule has 0 radical (unpaired) electrons. The van der Waals surface area contributed by atoms with Crippen LogP contribution in [-0.2, 0) is 17.8 Å². The van der Waals surface area contributed by atoms with Crippen LogP contribution >= 0.6 is 0 Å². The van der Waals surface area contributed by atoms with Gasteiger partial charge in [0.1, 0.15) is 0 Å². The van der Waals surface area contributed by atoms with Gasteiger partial charge in [-0.1, -0.05) is 24.3 Å². The molecule has 1 N–H and O–H groups in total. The highest BCUT2D eigenvalue weighted by atomic mass is 16.5. The normalized spacial score (nSPS) is 19.6. The lowest BCUT2D eigenvalue weighted by atomic mass is 10.1. The molecule has 0 bridgehead atoms. The summed E-state index contributed by atoms with van der Waals surface area (Å²) < 4.78 is 5.67. The highest BCUT2D eigenvalue weighted by Crippen LogP contribution is 2.14. The topological polar surface area (TPSA) is 24.5 Å². The van der Waals surface area contributed by atoms with Crippen molar-refractivity contribution in [1.29, 1.82) is 0 Å². The average molecular weight is 248 g/mol. The molecule has 1 saturated heterocycles. The fraction of sp³-hybridized carbons (Fsp3) is 0.600. The fourth-order valence-corrected chi connectivity index (χ4v) is 2.55. The minimum absolute atomic E-state index is 0.440. The smallest absolute Gasteiger partial charge is 0.0702 e. The fourth-order valence-electron chi connectivity index (χ4n) is 2.55. The third kappa shape index (κ3) is 4.09. The van der Waals surface area contributed by atoms with E-state index in [-0.39, 0.29) is 0 Å². The SMILES string of the molecule is CNCc1cccc(CN(C)CC2CCCO2)c1. The van der Waals surface area contributed by atoms with Crippen molar-refractivity contribution in [2.24, 2.45) is 0 Å². The summed E-state index contributed by atoms with van der Waals surface area (Å²) in [6, 6.07) is 8.79. The lowest BCUT2D eigenvalue weighted by molar-refractivity contribution is 0.0793. The molecule has 1 aromatic rings. The number of likely N-dealkylation sites (N-methyl/N-ethyl adjacent to an activating group) is 1. The number of hydrogen-bond acceptors (Lipinski definition) is 3. The number of nitrogens with zero attached hydrogens (tertiary/aromatic N) is 1. The minimum atomic E-state index is 0.440. The van der Waals surface area contributed by atoms with Crippen molar-refractivity contribution in [3.63, 3.8) is 0 Å². The van der Waals surface area contributed by atoms with Gasteiger partial charge in [0, 0.05) is 26.2 Å². The molecule has 0 amide bonds. The molecule has 0 saturated carbocycles. The van der Waals surface area contributed by atoms with Gasteiger partial charge in [0.2, 0.25) is 0 Å². The Bertz CT molecular complexity index is 361. The number of nitrogens with one attached hydrogen (secondary N) is 1. The van der Waals surface area contributed by atoms with Gasteiger partial charge in [0.25, 0.3) is 0 Å². The Labute approximate surface area is 110 Å². The molecule has 100 valence electrons. The summed E-state index contributed by atoms with van der Waals surface area (Å²) in [5, 5.41) is 3.19. The maximum absolute atomic E-state index is 5.67. The van der Waals surface area contributed by atoms with Gasteiger partial charge in [-0.3, -0.25) is 4.90 Å². The van der Waals surface area contributed by atoms with E-state index in [1.54, 1.807) is 0 Å². The summed E-state index contributed by atoms with van der Waals surface area (Å²) in [5.41, 5.74) is 2.73. The van der Waals surface area contributed by atoms with Gasteiger partial charge in [-0.2, -0.15) is 0 Å². The van der Waals surface area contributed by atoms with E-state index >= 15 is 0 Å². The molecule has 0 spiro atoms. The van der Waals surface area contributed by atoms with Crippen LogP contribution in [0.25, 0.3) is 0 Å². The Morgan fingerprint density at radius 2 is 2.22 bits per heavy atom. The first-order valence-electron chi connectivity index (χ1n) is 6.80. The largest absolute Gasteiger partial charge is 0.377 e. The predicted octanol–water partition coefficient (Wildman–Crippen LogP) is 2.02. The highest BCUT2D eigenvalue weighted by Gasteiger charge is 2.17. The van der Waals surface area contributed by atoms with E-state index < -0.39 is 0 Å². The van der Waals surface area contributed by atoms with E-state index in [2.05, 4.69) is 41.5 Å². The van der Waals surface area contributed by atoms with E-state index in [4.69, 9.17) is 4.74 Å². The lowest BCUT2D eigenvalue weighted by Gasteiger charge is -2.20. The zero-order valence-electron chi connectivity index (χ0n) is 11.5. The molecular formula is C15H24N2O. The van der Waals surface area contributed by atoms with Crippen molar-refractivity contribution >= 4 is 0 Å². The minimum Gasteiger partial charge on any atom is -0.377 e. The number of ether oxygens (including phenoxy) is 1. The van der Waals surface area contributed by atoms with Crippen LogP contribution in [0.3, 0.4) is 0 Å². The molecular weight excluding hydrogens is 224 g/mol. The zero-order chi connectivity index (χ0) is 12.8. The van der Waals surface area contributed by atoms with Gasteiger partial charge in [0.05, 0.1) is 6.10 Å². The van der Waals surface area contributed by atoms with Crippen LogP contribution < -0.4 is 5.32 Å². The number of benzene rings is 1. The number of rotatable bonds is 6. The Hall–Kier alpha value is -0.900. The maximum Gasteiger partial charge on any atom is 0.0702 e. The first-order valence-corrected chi connectivity index (χ1v) is 6.80. The van der Waals surface area contributed by atoms with Gasteiger partial charge in [-0.25, -0.2) is 0 Å². The molecule has 0 aliphatic carbocycles. The van der Waals surface area contributed by atoms with Crippen molar-refractivity contribution in [2.45, 2.75) is 32.0 Å². The molecule has 3 heteroatoms. The maximum atomic E-state index is 5.67. The Kier molecular flexibility index (Phi) is 5.17. The van der Waals surface area contributed by atoms with Gasteiger partial charge < -0.3 is 10.1 Å². The third-order valence-corrected chi connectivity index (χ3v) is 3.36. The Balaban J connectivity index is 1.85. The van der Waals surface area contributed by atoms with Gasteiger partial charge in [-0.15, -0.1) is 0 Å². The second-order valence-corrected chi connectivity index (χ2v) is 5.18. The van der Waals surface area contributed by atoms with Crippen molar-refractivity contribution in [3.05, 3.63) is 35.4 Å². The Morgan fingerprint density at radius 1 is 1.39 bits per heavy atom. The summed E-state index contributed by atoms with van der Waals surface area (Å²) in [5.74, 6) is 0. The van der Waals surface area contributed by atoms with Gasteiger partial charge in [-0.05, 0) is 38.1 Å². The van der Waals surface area contributed by atoms with E-state index in [0.29, 0.717) is 6.10 Å². The van der Waals surface area contributed by atoms with Crippen LogP contribution in [0.15, 0.2) is 24.3 Å². The molecule has 18 heavy (non-hydrogen) atoms. The van der Waals surface area contributed by atoms with E-state index in [0.717, 1.165) is 26.2 Å². The molecule has 1 atom stereocenters. The summed E-state index contributed by atoms with van der Waals surface area (Å²) >= 11 is 0. The monoisotopic (exact) mass is 248 g/mol. The zero-order valence-corrected chi connectivity index (χ0v) is 11.5. The molecule has 1 aromatic carbocycles.